The minimum Gasteiger partial charge on any atom is -0.406 e. The zero-order chi connectivity index (χ0) is 17.0. The number of aryl methyl sites for hydroxylation is 1. The van der Waals surface area contributed by atoms with Crippen molar-refractivity contribution in [3.05, 3.63) is 36.0 Å². The lowest BCUT2D eigenvalue weighted by Gasteiger charge is -2.13. The number of nitrogens with zero attached hydrogens (tertiary/aromatic N) is 2. The molecule has 0 fully saturated rings. The third kappa shape index (κ3) is 5.32. The molecule has 0 aliphatic rings. The zero-order valence-corrected chi connectivity index (χ0v) is 12.9. The topological polar surface area (TPSA) is 59.1 Å². The maximum absolute atomic E-state index is 12.3. The second kappa shape index (κ2) is 6.72. The summed E-state index contributed by atoms with van der Waals surface area (Å²) in [6.07, 6.45) is -3.09. The van der Waals surface area contributed by atoms with E-state index < -0.39 is 6.36 Å². The lowest BCUT2D eigenvalue weighted by atomic mass is 10.3. The summed E-state index contributed by atoms with van der Waals surface area (Å²) in [4.78, 5) is 8.47. The highest BCUT2D eigenvalue weighted by molar-refractivity contribution is 5.61. The van der Waals surface area contributed by atoms with E-state index >= 15 is 0 Å². The predicted molar refractivity (Wildman–Crippen MR) is 81.9 cm³/mol. The number of nitrogens with one attached hydrogen (secondary N) is 2. The van der Waals surface area contributed by atoms with Crippen LogP contribution in [0.2, 0.25) is 0 Å². The van der Waals surface area contributed by atoms with Crippen LogP contribution < -0.4 is 15.4 Å². The summed E-state index contributed by atoms with van der Waals surface area (Å²) >= 11 is 0. The molecule has 1 heterocycles. The first-order valence-electron chi connectivity index (χ1n) is 6.96. The molecular weight excluding hydrogens is 309 g/mol. The minimum absolute atomic E-state index is 0.161. The van der Waals surface area contributed by atoms with Crippen molar-refractivity contribution < 1.29 is 17.9 Å². The number of hydrogen-bond donors (Lipinski definition) is 2. The predicted octanol–water partition coefficient (Wildman–Crippen LogP) is 4.25. The Morgan fingerprint density at radius 3 is 2.61 bits per heavy atom. The van der Waals surface area contributed by atoms with Gasteiger partial charge in [-0.1, -0.05) is 6.07 Å². The van der Waals surface area contributed by atoms with E-state index in [1.807, 2.05) is 13.8 Å². The zero-order valence-electron chi connectivity index (χ0n) is 12.9. The molecule has 2 aromatic rings. The van der Waals surface area contributed by atoms with Crippen LogP contribution in [0.15, 0.2) is 30.5 Å². The second-order valence-electron chi connectivity index (χ2n) is 5.22. The molecule has 5 nitrogen and oxygen atoms in total. The molecule has 0 radical (unpaired) electrons. The average molecular weight is 326 g/mol. The first-order chi connectivity index (χ1) is 10.7. The van der Waals surface area contributed by atoms with Crippen LogP contribution in [0.4, 0.5) is 30.6 Å². The van der Waals surface area contributed by atoms with Gasteiger partial charge >= 0.3 is 6.36 Å². The summed E-state index contributed by atoms with van der Waals surface area (Å²) in [6.45, 7) is 5.71. The van der Waals surface area contributed by atoms with Gasteiger partial charge in [-0.3, -0.25) is 0 Å². The molecule has 0 atom stereocenters. The second-order valence-corrected chi connectivity index (χ2v) is 5.22. The summed E-state index contributed by atoms with van der Waals surface area (Å²) in [5.74, 6) is 0.651. The number of aromatic nitrogens is 2. The molecular formula is C15H17F3N4O. The van der Waals surface area contributed by atoms with E-state index in [0.29, 0.717) is 17.5 Å². The van der Waals surface area contributed by atoms with Gasteiger partial charge in [0.15, 0.2) is 0 Å². The van der Waals surface area contributed by atoms with E-state index in [-0.39, 0.29) is 11.8 Å². The molecule has 2 N–H and O–H groups in total. The molecule has 0 unspecified atom stereocenters. The Morgan fingerprint density at radius 1 is 1.22 bits per heavy atom. The van der Waals surface area contributed by atoms with Crippen LogP contribution in [0.25, 0.3) is 0 Å². The molecule has 0 spiro atoms. The van der Waals surface area contributed by atoms with Crippen LogP contribution in [0.1, 0.15) is 19.4 Å². The Balaban J connectivity index is 2.20. The van der Waals surface area contributed by atoms with Crippen molar-refractivity contribution in [2.24, 2.45) is 0 Å². The SMILES string of the molecule is Cc1cnc(NC(C)C)nc1Nc1cccc(OC(F)(F)F)c1. The molecule has 2 rings (SSSR count). The fraction of sp³-hybridized carbons (Fsp3) is 0.333. The first kappa shape index (κ1) is 16.9. The number of rotatable bonds is 5. The first-order valence-corrected chi connectivity index (χ1v) is 6.96. The van der Waals surface area contributed by atoms with Gasteiger partial charge in [0.2, 0.25) is 5.95 Å². The van der Waals surface area contributed by atoms with Crippen molar-refractivity contribution in [2.75, 3.05) is 10.6 Å². The van der Waals surface area contributed by atoms with Gasteiger partial charge in [-0.2, -0.15) is 4.98 Å². The number of benzene rings is 1. The third-order valence-electron chi connectivity index (χ3n) is 2.72. The normalized spacial score (nSPS) is 11.4. The van der Waals surface area contributed by atoms with E-state index in [9.17, 15) is 13.2 Å². The number of halogens is 3. The minimum atomic E-state index is -4.72. The molecule has 23 heavy (non-hydrogen) atoms. The molecule has 0 saturated heterocycles. The van der Waals surface area contributed by atoms with Crippen molar-refractivity contribution >= 4 is 17.5 Å². The van der Waals surface area contributed by atoms with E-state index in [4.69, 9.17) is 0 Å². The Hall–Kier alpha value is -2.51. The summed E-state index contributed by atoms with van der Waals surface area (Å²) in [5.41, 5.74) is 1.20. The fourth-order valence-corrected chi connectivity index (χ4v) is 1.80. The van der Waals surface area contributed by atoms with E-state index in [2.05, 4.69) is 25.3 Å². The third-order valence-corrected chi connectivity index (χ3v) is 2.72. The summed E-state index contributed by atoms with van der Waals surface area (Å²) in [6, 6.07) is 5.74. The lowest BCUT2D eigenvalue weighted by Crippen LogP contribution is -2.17. The molecule has 1 aromatic heterocycles. The van der Waals surface area contributed by atoms with Crippen LogP contribution in [-0.2, 0) is 0 Å². The lowest BCUT2D eigenvalue weighted by molar-refractivity contribution is -0.274. The average Bonchev–Trinajstić information content (AvgIpc) is 2.40. The van der Waals surface area contributed by atoms with Crippen LogP contribution in [0, 0.1) is 6.92 Å². The molecule has 124 valence electrons. The number of ether oxygens (including phenoxy) is 1. The summed E-state index contributed by atoms with van der Waals surface area (Å²) < 4.78 is 40.7. The molecule has 0 aliphatic heterocycles. The largest absolute Gasteiger partial charge is 0.573 e. The number of anilines is 3. The van der Waals surface area contributed by atoms with E-state index in [0.717, 1.165) is 5.56 Å². The Bertz CT molecular complexity index is 674. The van der Waals surface area contributed by atoms with Crippen LogP contribution in [0.5, 0.6) is 5.75 Å². The van der Waals surface area contributed by atoms with Crippen LogP contribution >= 0.6 is 0 Å². The highest BCUT2D eigenvalue weighted by Crippen LogP contribution is 2.27. The summed E-state index contributed by atoms with van der Waals surface area (Å²) in [7, 11) is 0. The Morgan fingerprint density at radius 2 is 1.96 bits per heavy atom. The maximum Gasteiger partial charge on any atom is 0.573 e. The van der Waals surface area contributed by atoms with Crippen molar-refractivity contribution in [1.29, 1.82) is 0 Å². The number of alkyl halides is 3. The monoisotopic (exact) mass is 326 g/mol. The molecule has 1 aromatic carbocycles. The Labute approximate surface area is 131 Å². The van der Waals surface area contributed by atoms with Gasteiger partial charge in [0.25, 0.3) is 0 Å². The maximum atomic E-state index is 12.3. The van der Waals surface area contributed by atoms with Gasteiger partial charge in [-0.05, 0) is 32.9 Å². The van der Waals surface area contributed by atoms with Crippen molar-refractivity contribution in [1.82, 2.24) is 9.97 Å². The number of hydrogen-bond acceptors (Lipinski definition) is 5. The van der Waals surface area contributed by atoms with E-state index in [1.165, 1.54) is 18.2 Å². The van der Waals surface area contributed by atoms with Gasteiger partial charge in [-0.25, -0.2) is 4.98 Å². The van der Waals surface area contributed by atoms with Crippen molar-refractivity contribution in [2.45, 2.75) is 33.2 Å². The smallest absolute Gasteiger partial charge is 0.406 e. The van der Waals surface area contributed by atoms with E-state index in [1.54, 1.807) is 19.2 Å². The van der Waals surface area contributed by atoms with Crippen LogP contribution in [0.3, 0.4) is 0 Å². The van der Waals surface area contributed by atoms with Crippen molar-refractivity contribution in [3.8, 4) is 5.75 Å². The summed E-state index contributed by atoms with van der Waals surface area (Å²) in [5, 5.41) is 6.04. The van der Waals surface area contributed by atoms with Gasteiger partial charge < -0.3 is 15.4 Å². The van der Waals surface area contributed by atoms with Crippen LogP contribution in [-0.4, -0.2) is 22.4 Å². The standard InChI is InChI=1S/C15H17F3N4O/c1-9(2)20-14-19-8-10(3)13(22-14)21-11-5-4-6-12(7-11)23-15(16,17)18/h4-9H,1-3H3,(H2,19,20,21,22). The molecule has 0 bridgehead atoms. The van der Waals surface area contributed by atoms with Crippen molar-refractivity contribution in [3.63, 3.8) is 0 Å². The van der Waals surface area contributed by atoms with Gasteiger partial charge in [-0.15, -0.1) is 13.2 Å². The molecule has 0 amide bonds. The van der Waals surface area contributed by atoms with Gasteiger partial charge in [0.05, 0.1) is 0 Å². The fourth-order valence-electron chi connectivity index (χ4n) is 1.80. The molecule has 8 heteroatoms. The van der Waals surface area contributed by atoms with Gasteiger partial charge in [0.1, 0.15) is 11.6 Å². The Kier molecular flexibility index (Phi) is 4.92. The molecule has 0 saturated carbocycles. The molecule has 0 aliphatic carbocycles. The quantitative estimate of drug-likeness (QED) is 0.860. The van der Waals surface area contributed by atoms with Gasteiger partial charge in [0, 0.05) is 29.6 Å². The highest BCUT2D eigenvalue weighted by Gasteiger charge is 2.31. The highest BCUT2D eigenvalue weighted by atomic mass is 19.4.